The molecule has 1 N–H and O–H groups in total. The average molecular weight is 189 g/mol. The third-order valence-electron chi connectivity index (χ3n) is 2.39. The number of ether oxygens (including phenoxy) is 1. The molecule has 0 aliphatic carbocycles. The standard InChI is InChI=1S/C12H15NO/c1-4-14-11-7-13-12-9(3)5-8(2)6-10(11)12/h5-7,13H,4H2,1-3H3. The van der Waals surface area contributed by atoms with E-state index in [0.717, 1.165) is 5.75 Å². The Balaban J connectivity index is 2.66. The summed E-state index contributed by atoms with van der Waals surface area (Å²) >= 11 is 0. The van der Waals surface area contributed by atoms with Gasteiger partial charge in [0, 0.05) is 11.6 Å². The van der Waals surface area contributed by atoms with Gasteiger partial charge >= 0.3 is 0 Å². The van der Waals surface area contributed by atoms with Gasteiger partial charge < -0.3 is 9.72 Å². The van der Waals surface area contributed by atoms with Gasteiger partial charge in [-0.25, -0.2) is 0 Å². The summed E-state index contributed by atoms with van der Waals surface area (Å²) in [7, 11) is 0. The number of H-pyrrole nitrogens is 1. The lowest BCUT2D eigenvalue weighted by Crippen LogP contribution is -1.89. The molecule has 2 aromatic rings. The van der Waals surface area contributed by atoms with Crippen LogP contribution in [0, 0.1) is 13.8 Å². The highest BCUT2D eigenvalue weighted by molar-refractivity contribution is 5.89. The molecule has 0 aliphatic heterocycles. The van der Waals surface area contributed by atoms with Gasteiger partial charge in [0.2, 0.25) is 0 Å². The van der Waals surface area contributed by atoms with E-state index >= 15 is 0 Å². The number of nitrogens with one attached hydrogen (secondary N) is 1. The minimum Gasteiger partial charge on any atom is -0.492 e. The van der Waals surface area contributed by atoms with Gasteiger partial charge in [0.15, 0.2) is 0 Å². The van der Waals surface area contributed by atoms with Gasteiger partial charge in [0.25, 0.3) is 0 Å². The molecule has 0 saturated heterocycles. The van der Waals surface area contributed by atoms with Gasteiger partial charge in [-0.3, -0.25) is 0 Å². The van der Waals surface area contributed by atoms with E-state index in [1.807, 2.05) is 13.1 Å². The molecule has 0 unspecified atom stereocenters. The van der Waals surface area contributed by atoms with E-state index in [1.165, 1.54) is 22.0 Å². The van der Waals surface area contributed by atoms with Crippen LogP contribution in [0.1, 0.15) is 18.1 Å². The van der Waals surface area contributed by atoms with Crippen molar-refractivity contribution < 1.29 is 4.74 Å². The van der Waals surface area contributed by atoms with Gasteiger partial charge in [-0.2, -0.15) is 0 Å². The number of benzene rings is 1. The average Bonchev–Trinajstić information content (AvgIpc) is 2.49. The molecule has 0 atom stereocenters. The van der Waals surface area contributed by atoms with E-state index in [9.17, 15) is 0 Å². The number of rotatable bonds is 2. The van der Waals surface area contributed by atoms with Gasteiger partial charge in [0.1, 0.15) is 5.75 Å². The molecule has 0 saturated carbocycles. The number of hydrogen-bond acceptors (Lipinski definition) is 1. The summed E-state index contributed by atoms with van der Waals surface area (Å²) in [5.74, 6) is 0.953. The van der Waals surface area contributed by atoms with Crippen LogP contribution in [0.3, 0.4) is 0 Å². The first kappa shape index (κ1) is 9.13. The Morgan fingerprint density at radius 1 is 1.29 bits per heavy atom. The Kier molecular flexibility index (Phi) is 2.20. The van der Waals surface area contributed by atoms with Crippen molar-refractivity contribution in [1.29, 1.82) is 0 Å². The maximum atomic E-state index is 5.54. The quantitative estimate of drug-likeness (QED) is 0.771. The highest BCUT2D eigenvalue weighted by Crippen LogP contribution is 2.28. The molecule has 74 valence electrons. The molecule has 0 spiro atoms. The summed E-state index contributed by atoms with van der Waals surface area (Å²) in [5, 5.41) is 1.18. The summed E-state index contributed by atoms with van der Waals surface area (Å²) in [6, 6.07) is 4.33. The molecule has 14 heavy (non-hydrogen) atoms. The molecule has 0 radical (unpaired) electrons. The van der Waals surface area contributed by atoms with E-state index in [-0.39, 0.29) is 0 Å². The van der Waals surface area contributed by atoms with E-state index in [0.29, 0.717) is 6.61 Å². The molecule has 2 nitrogen and oxygen atoms in total. The molecule has 0 aliphatic rings. The summed E-state index contributed by atoms with van der Waals surface area (Å²) in [5.41, 5.74) is 3.72. The molecule has 0 amide bonds. The summed E-state index contributed by atoms with van der Waals surface area (Å²) < 4.78 is 5.54. The monoisotopic (exact) mass is 189 g/mol. The van der Waals surface area contributed by atoms with Crippen LogP contribution in [0.5, 0.6) is 5.75 Å². The fraction of sp³-hybridized carbons (Fsp3) is 0.333. The molecular formula is C12H15NO. The summed E-state index contributed by atoms with van der Waals surface area (Å²) in [4.78, 5) is 3.24. The van der Waals surface area contributed by atoms with E-state index in [1.54, 1.807) is 0 Å². The van der Waals surface area contributed by atoms with Crippen molar-refractivity contribution in [2.75, 3.05) is 6.61 Å². The highest BCUT2D eigenvalue weighted by Gasteiger charge is 2.06. The first-order valence-corrected chi connectivity index (χ1v) is 4.93. The SMILES string of the molecule is CCOc1c[nH]c2c(C)cc(C)cc12. The zero-order valence-corrected chi connectivity index (χ0v) is 8.85. The molecule has 1 aromatic heterocycles. The lowest BCUT2D eigenvalue weighted by atomic mass is 10.1. The minimum absolute atomic E-state index is 0.708. The zero-order chi connectivity index (χ0) is 10.1. The molecule has 0 fully saturated rings. The van der Waals surface area contributed by atoms with Gasteiger partial charge in [-0.15, -0.1) is 0 Å². The van der Waals surface area contributed by atoms with Crippen molar-refractivity contribution in [2.45, 2.75) is 20.8 Å². The van der Waals surface area contributed by atoms with Crippen molar-refractivity contribution in [1.82, 2.24) is 4.98 Å². The van der Waals surface area contributed by atoms with E-state index < -0.39 is 0 Å². The first-order valence-electron chi connectivity index (χ1n) is 4.93. The predicted octanol–water partition coefficient (Wildman–Crippen LogP) is 3.18. The smallest absolute Gasteiger partial charge is 0.144 e. The topological polar surface area (TPSA) is 25.0 Å². The Hall–Kier alpha value is -1.44. The molecule has 1 aromatic carbocycles. The number of aromatic nitrogens is 1. The second-order valence-electron chi connectivity index (χ2n) is 3.59. The van der Waals surface area contributed by atoms with E-state index in [2.05, 4.69) is 31.0 Å². The molecule has 0 bridgehead atoms. The van der Waals surface area contributed by atoms with Crippen molar-refractivity contribution in [2.24, 2.45) is 0 Å². The van der Waals surface area contributed by atoms with Gasteiger partial charge in [0.05, 0.1) is 12.1 Å². The number of hydrogen-bond donors (Lipinski definition) is 1. The zero-order valence-electron chi connectivity index (χ0n) is 8.85. The van der Waals surface area contributed by atoms with Crippen LogP contribution in [0.2, 0.25) is 0 Å². The molecule has 2 heteroatoms. The normalized spacial score (nSPS) is 10.8. The van der Waals surface area contributed by atoms with E-state index in [4.69, 9.17) is 4.74 Å². The number of fused-ring (bicyclic) bond motifs is 1. The molecule has 1 heterocycles. The van der Waals surface area contributed by atoms with Crippen LogP contribution in [0.4, 0.5) is 0 Å². The van der Waals surface area contributed by atoms with Crippen LogP contribution >= 0.6 is 0 Å². The lowest BCUT2D eigenvalue weighted by Gasteiger charge is -2.02. The van der Waals surface area contributed by atoms with Crippen LogP contribution in [-0.4, -0.2) is 11.6 Å². The lowest BCUT2D eigenvalue weighted by molar-refractivity contribution is 0.344. The molecule has 2 rings (SSSR count). The maximum Gasteiger partial charge on any atom is 0.144 e. The second kappa shape index (κ2) is 3.37. The third kappa shape index (κ3) is 1.37. The van der Waals surface area contributed by atoms with Crippen LogP contribution < -0.4 is 4.74 Å². The van der Waals surface area contributed by atoms with Gasteiger partial charge in [-0.05, 0) is 38.0 Å². The van der Waals surface area contributed by atoms with Crippen LogP contribution in [0.15, 0.2) is 18.3 Å². The van der Waals surface area contributed by atoms with Crippen molar-refractivity contribution >= 4 is 10.9 Å². The maximum absolute atomic E-state index is 5.54. The fourth-order valence-corrected chi connectivity index (χ4v) is 1.84. The number of aryl methyl sites for hydroxylation is 2. The van der Waals surface area contributed by atoms with Crippen LogP contribution in [-0.2, 0) is 0 Å². The number of aromatic amines is 1. The first-order chi connectivity index (χ1) is 6.72. The van der Waals surface area contributed by atoms with Gasteiger partial charge in [-0.1, -0.05) is 6.07 Å². The Labute approximate surface area is 83.9 Å². The van der Waals surface area contributed by atoms with Crippen LogP contribution in [0.25, 0.3) is 10.9 Å². The Bertz CT molecular complexity index is 457. The second-order valence-corrected chi connectivity index (χ2v) is 3.59. The van der Waals surface area contributed by atoms with Crippen molar-refractivity contribution in [3.05, 3.63) is 29.5 Å². The third-order valence-corrected chi connectivity index (χ3v) is 2.39. The minimum atomic E-state index is 0.708. The highest BCUT2D eigenvalue weighted by atomic mass is 16.5. The largest absolute Gasteiger partial charge is 0.492 e. The summed E-state index contributed by atoms with van der Waals surface area (Å²) in [6.45, 7) is 6.93. The molecular weight excluding hydrogens is 174 g/mol. The van der Waals surface area contributed by atoms with Crippen molar-refractivity contribution in [3.63, 3.8) is 0 Å². The predicted molar refractivity (Wildman–Crippen MR) is 58.9 cm³/mol. The fourth-order valence-electron chi connectivity index (χ4n) is 1.84. The Morgan fingerprint density at radius 2 is 2.07 bits per heavy atom. The van der Waals surface area contributed by atoms with Crippen molar-refractivity contribution in [3.8, 4) is 5.75 Å². The Morgan fingerprint density at radius 3 is 2.79 bits per heavy atom. The summed E-state index contributed by atoms with van der Waals surface area (Å²) in [6.07, 6.45) is 1.93.